The molecule has 0 fully saturated rings. The molecule has 1 rings (SSSR count). The maximum atomic E-state index is 12.5. The molecular formula is C8H12FN3. The summed E-state index contributed by atoms with van der Waals surface area (Å²) in [6, 6.07) is 1.29. The lowest BCUT2D eigenvalue weighted by Gasteiger charge is -2.02. The summed E-state index contributed by atoms with van der Waals surface area (Å²) >= 11 is 0. The monoisotopic (exact) mass is 169 g/mol. The van der Waals surface area contributed by atoms with Crippen molar-refractivity contribution in [3.63, 3.8) is 0 Å². The molecule has 1 aromatic rings. The molecule has 0 aromatic carbocycles. The third kappa shape index (κ3) is 2.82. The lowest BCUT2D eigenvalue weighted by molar-refractivity contribution is 0.580. The minimum atomic E-state index is -0.496. The van der Waals surface area contributed by atoms with Gasteiger partial charge in [0, 0.05) is 12.6 Å². The fourth-order valence-corrected chi connectivity index (χ4v) is 0.823. The predicted octanol–water partition coefficient (Wildman–Crippen LogP) is 1.83. The molecule has 0 saturated carbocycles. The number of rotatable bonds is 4. The molecule has 0 amide bonds. The van der Waals surface area contributed by atoms with Crippen molar-refractivity contribution in [1.82, 2.24) is 9.97 Å². The summed E-state index contributed by atoms with van der Waals surface area (Å²) in [5.74, 6) is 0.0555. The summed E-state index contributed by atoms with van der Waals surface area (Å²) in [5.41, 5.74) is 0. The van der Waals surface area contributed by atoms with Crippen molar-refractivity contribution in [2.75, 3.05) is 11.9 Å². The molecule has 0 spiro atoms. The van der Waals surface area contributed by atoms with Crippen molar-refractivity contribution in [3.05, 3.63) is 18.3 Å². The van der Waals surface area contributed by atoms with E-state index in [4.69, 9.17) is 0 Å². The Labute approximate surface area is 71.0 Å². The second-order valence-corrected chi connectivity index (χ2v) is 2.51. The second-order valence-electron chi connectivity index (χ2n) is 2.51. The van der Waals surface area contributed by atoms with Crippen LogP contribution in [0.5, 0.6) is 0 Å². The largest absolute Gasteiger partial charge is 0.370 e. The zero-order chi connectivity index (χ0) is 8.81. The van der Waals surface area contributed by atoms with Crippen LogP contribution < -0.4 is 5.32 Å². The molecule has 66 valence electrons. The number of halogens is 1. The van der Waals surface area contributed by atoms with Gasteiger partial charge in [-0.1, -0.05) is 13.3 Å². The average molecular weight is 169 g/mol. The Morgan fingerprint density at radius 3 is 3.00 bits per heavy atom. The Bertz CT molecular complexity index is 239. The van der Waals surface area contributed by atoms with Crippen LogP contribution in [0.3, 0.4) is 0 Å². The van der Waals surface area contributed by atoms with E-state index in [2.05, 4.69) is 22.2 Å². The van der Waals surface area contributed by atoms with E-state index in [-0.39, 0.29) is 0 Å². The van der Waals surface area contributed by atoms with Crippen LogP contribution in [0.25, 0.3) is 0 Å². The van der Waals surface area contributed by atoms with E-state index in [1.54, 1.807) is 0 Å². The van der Waals surface area contributed by atoms with Crippen molar-refractivity contribution >= 4 is 5.82 Å². The highest BCUT2D eigenvalue weighted by molar-refractivity contribution is 5.31. The number of nitrogens with one attached hydrogen (secondary N) is 1. The molecule has 1 N–H and O–H groups in total. The van der Waals surface area contributed by atoms with Crippen LogP contribution in [0, 0.1) is 5.95 Å². The van der Waals surface area contributed by atoms with Crippen molar-refractivity contribution in [3.8, 4) is 0 Å². The molecule has 0 bridgehead atoms. The summed E-state index contributed by atoms with van der Waals surface area (Å²) in [6.07, 6.45) is 3.38. The van der Waals surface area contributed by atoms with Gasteiger partial charge < -0.3 is 5.32 Å². The van der Waals surface area contributed by atoms with Gasteiger partial charge in [0.05, 0.1) is 0 Å². The Kier molecular flexibility index (Phi) is 3.44. The quantitative estimate of drug-likeness (QED) is 0.552. The molecule has 1 aromatic heterocycles. The molecule has 1 heterocycles. The Morgan fingerprint density at radius 2 is 2.33 bits per heavy atom. The molecular weight excluding hydrogens is 157 g/mol. The van der Waals surface area contributed by atoms with Crippen molar-refractivity contribution in [2.45, 2.75) is 19.8 Å². The molecule has 12 heavy (non-hydrogen) atoms. The number of nitrogens with zero attached hydrogens (tertiary/aromatic N) is 2. The summed E-state index contributed by atoms with van der Waals surface area (Å²) in [4.78, 5) is 7.20. The van der Waals surface area contributed by atoms with Gasteiger partial charge in [0.25, 0.3) is 0 Å². The number of anilines is 1. The molecule has 3 nitrogen and oxygen atoms in total. The minimum Gasteiger partial charge on any atom is -0.370 e. The molecule has 0 unspecified atom stereocenters. The minimum absolute atomic E-state index is 0.496. The third-order valence-electron chi connectivity index (χ3n) is 1.47. The first kappa shape index (κ1) is 8.90. The van der Waals surface area contributed by atoms with Gasteiger partial charge in [0.15, 0.2) is 0 Å². The van der Waals surface area contributed by atoms with Gasteiger partial charge >= 0.3 is 0 Å². The van der Waals surface area contributed by atoms with Crippen molar-refractivity contribution in [1.29, 1.82) is 0 Å². The van der Waals surface area contributed by atoms with E-state index in [9.17, 15) is 4.39 Å². The molecule has 0 aliphatic rings. The lowest BCUT2D eigenvalue weighted by atomic mass is 10.3. The summed E-state index contributed by atoms with van der Waals surface area (Å²) in [7, 11) is 0. The smallest absolute Gasteiger partial charge is 0.217 e. The Balaban J connectivity index is 2.41. The summed E-state index contributed by atoms with van der Waals surface area (Å²) in [6.45, 7) is 2.93. The maximum absolute atomic E-state index is 12.5. The van der Waals surface area contributed by atoms with Crippen LogP contribution in [-0.2, 0) is 0 Å². The topological polar surface area (TPSA) is 37.8 Å². The van der Waals surface area contributed by atoms with Crippen LogP contribution in [0.15, 0.2) is 12.4 Å². The fourth-order valence-electron chi connectivity index (χ4n) is 0.823. The van der Waals surface area contributed by atoms with E-state index in [1.165, 1.54) is 12.4 Å². The fraction of sp³-hybridized carbons (Fsp3) is 0.500. The van der Waals surface area contributed by atoms with E-state index in [0.717, 1.165) is 19.4 Å². The van der Waals surface area contributed by atoms with Crippen molar-refractivity contribution in [2.24, 2.45) is 0 Å². The standard InChI is InChI=1S/C8H12FN3/c1-2-3-4-10-8-5-7(9)11-6-12-8/h5-6H,2-4H2,1H3,(H,10,11,12). The first-order valence-electron chi connectivity index (χ1n) is 4.04. The van der Waals surface area contributed by atoms with Gasteiger partial charge in [-0.15, -0.1) is 0 Å². The SMILES string of the molecule is CCCCNc1cc(F)ncn1. The lowest BCUT2D eigenvalue weighted by Crippen LogP contribution is -2.03. The number of aromatic nitrogens is 2. The summed E-state index contributed by atoms with van der Waals surface area (Å²) < 4.78 is 12.5. The zero-order valence-electron chi connectivity index (χ0n) is 7.05. The normalized spacial score (nSPS) is 9.83. The molecule has 0 saturated heterocycles. The zero-order valence-corrected chi connectivity index (χ0v) is 7.05. The highest BCUT2D eigenvalue weighted by atomic mass is 19.1. The molecule has 0 aliphatic carbocycles. The van der Waals surface area contributed by atoms with Gasteiger partial charge in [-0.2, -0.15) is 4.39 Å². The van der Waals surface area contributed by atoms with E-state index < -0.39 is 5.95 Å². The maximum Gasteiger partial charge on any atom is 0.217 e. The first-order chi connectivity index (χ1) is 5.83. The van der Waals surface area contributed by atoms with Crippen LogP contribution in [0.2, 0.25) is 0 Å². The van der Waals surface area contributed by atoms with Gasteiger partial charge in [-0.05, 0) is 6.42 Å². The van der Waals surface area contributed by atoms with Crippen LogP contribution in [-0.4, -0.2) is 16.5 Å². The summed E-state index contributed by atoms with van der Waals surface area (Å²) in [5, 5.41) is 3.00. The number of hydrogen-bond acceptors (Lipinski definition) is 3. The molecule has 0 radical (unpaired) electrons. The molecule has 0 aliphatic heterocycles. The van der Waals surface area contributed by atoms with Gasteiger partial charge in [0.2, 0.25) is 5.95 Å². The first-order valence-corrected chi connectivity index (χ1v) is 4.04. The van der Waals surface area contributed by atoms with E-state index in [1.807, 2.05) is 0 Å². The third-order valence-corrected chi connectivity index (χ3v) is 1.47. The highest BCUT2D eigenvalue weighted by Crippen LogP contribution is 2.02. The van der Waals surface area contributed by atoms with Crippen molar-refractivity contribution < 1.29 is 4.39 Å². The predicted molar refractivity (Wildman–Crippen MR) is 45.4 cm³/mol. The van der Waals surface area contributed by atoms with Crippen LogP contribution >= 0.6 is 0 Å². The second kappa shape index (κ2) is 4.64. The van der Waals surface area contributed by atoms with E-state index in [0.29, 0.717) is 5.82 Å². The number of hydrogen-bond donors (Lipinski definition) is 1. The van der Waals surface area contributed by atoms with Gasteiger partial charge in [-0.25, -0.2) is 9.97 Å². The molecule has 4 heteroatoms. The highest BCUT2D eigenvalue weighted by Gasteiger charge is 1.94. The average Bonchev–Trinajstić information content (AvgIpc) is 2.05. The Morgan fingerprint density at radius 1 is 1.50 bits per heavy atom. The number of unbranched alkanes of at least 4 members (excludes halogenated alkanes) is 1. The van der Waals surface area contributed by atoms with Crippen LogP contribution in [0.1, 0.15) is 19.8 Å². The van der Waals surface area contributed by atoms with Crippen LogP contribution in [0.4, 0.5) is 10.2 Å². The Hall–Kier alpha value is -1.19. The van der Waals surface area contributed by atoms with Gasteiger partial charge in [0.1, 0.15) is 12.1 Å². The van der Waals surface area contributed by atoms with E-state index >= 15 is 0 Å². The van der Waals surface area contributed by atoms with Gasteiger partial charge in [-0.3, -0.25) is 0 Å². The molecule has 0 atom stereocenters.